The number of rotatable bonds is 4. The van der Waals surface area contributed by atoms with Gasteiger partial charge in [0.1, 0.15) is 5.56 Å². The zero-order valence-corrected chi connectivity index (χ0v) is 13.8. The monoisotopic (exact) mass is 293 g/mol. The summed E-state index contributed by atoms with van der Waals surface area (Å²) in [6.07, 6.45) is 2.01. The van der Waals surface area contributed by atoms with Crippen LogP contribution in [0.25, 0.3) is 0 Å². The van der Waals surface area contributed by atoms with Gasteiger partial charge in [0.05, 0.1) is 5.69 Å². The lowest BCUT2D eigenvalue weighted by molar-refractivity contribution is 0.0897. The van der Waals surface area contributed by atoms with Crippen LogP contribution in [0.2, 0.25) is 0 Å². The third kappa shape index (κ3) is 3.64. The summed E-state index contributed by atoms with van der Waals surface area (Å²) in [6.45, 7) is 12.4. The number of aryl methyl sites for hydroxylation is 1. The summed E-state index contributed by atoms with van der Waals surface area (Å²) in [5.41, 5.74) is 1.30. The van der Waals surface area contributed by atoms with Crippen molar-refractivity contribution < 1.29 is 9.32 Å². The number of hydrogen-bond donors (Lipinski definition) is 1. The summed E-state index contributed by atoms with van der Waals surface area (Å²) in [5, 5.41) is 7.09. The summed E-state index contributed by atoms with van der Waals surface area (Å²) >= 11 is 0. The molecule has 5 nitrogen and oxygen atoms in total. The van der Waals surface area contributed by atoms with E-state index in [1.165, 1.54) is 0 Å². The van der Waals surface area contributed by atoms with Gasteiger partial charge in [-0.15, -0.1) is 0 Å². The molecule has 0 saturated carbocycles. The summed E-state index contributed by atoms with van der Waals surface area (Å²) in [5.74, 6) is 0.805. The van der Waals surface area contributed by atoms with Crippen molar-refractivity contribution in [2.45, 2.75) is 65.5 Å². The van der Waals surface area contributed by atoms with Crippen molar-refractivity contribution >= 4 is 5.91 Å². The molecule has 1 aliphatic heterocycles. The third-order valence-electron chi connectivity index (χ3n) is 4.24. The smallest absolute Gasteiger partial charge is 0.257 e. The average molecular weight is 293 g/mol. The first-order chi connectivity index (χ1) is 9.90. The molecule has 0 spiro atoms. The molecule has 2 rings (SSSR count). The number of amides is 1. The Bertz CT molecular complexity index is 486. The first kappa shape index (κ1) is 16.0. The van der Waals surface area contributed by atoms with Crippen LogP contribution in [-0.2, 0) is 0 Å². The number of aromatic nitrogens is 1. The second-order valence-electron chi connectivity index (χ2n) is 6.54. The van der Waals surface area contributed by atoms with Gasteiger partial charge in [0.2, 0.25) is 0 Å². The molecule has 1 aromatic rings. The Balaban J connectivity index is 1.98. The second kappa shape index (κ2) is 6.60. The van der Waals surface area contributed by atoms with E-state index in [9.17, 15) is 4.79 Å². The second-order valence-corrected chi connectivity index (χ2v) is 6.54. The van der Waals surface area contributed by atoms with Crippen molar-refractivity contribution in [3.8, 4) is 0 Å². The quantitative estimate of drug-likeness (QED) is 0.927. The number of piperidine rings is 1. The van der Waals surface area contributed by atoms with Gasteiger partial charge in [-0.1, -0.05) is 19.0 Å². The molecule has 21 heavy (non-hydrogen) atoms. The molecule has 0 unspecified atom stereocenters. The predicted octanol–water partition coefficient (Wildman–Crippen LogP) is 2.71. The number of likely N-dealkylation sites (tertiary alicyclic amines) is 1. The molecule has 5 heteroatoms. The molecular formula is C16H27N3O2. The lowest BCUT2D eigenvalue weighted by atomic mass is 10.0. The molecule has 1 amide bonds. The van der Waals surface area contributed by atoms with Crippen LogP contribution in [-0.4, -0.2) is 41.1 Å². The molecule has 0 radical (unpaired) electrons. The highest BCUT2D eigenvalue weighted by Gasteiger charge is 2.26. The molecule has 1 fully saturated rings. The number of carbonyl (C=O) groups is 1. The fraction of sp³-hybridized carbons (Fsp3) is 0.750. The Hall–Kier alpha value is -1.36. The highest BCUT2D eigenvalue weighted by atomic mass is 16.5. The molecule has 1 N–H and O–H groups in total. The number of carbonyl (C=O) groups excluding carboxylic acids is 1. The van der Waals surface area contributed by atoms with E-state index < -0.39 is 0 Å². The van der Waals surface area contributed by atoms with Gasteiger partial charge in [0.25, 0.3) is 5.91 Å². The SMILES string of the molecule is Cc1noc(C(C)C)c1C(=O)NC1CCN(C(C)C)CC1. The van der Waals surface area contributed by atoms with Crippen molar-refractivity contribution in [2.24, 2.45) is 0 Å². The summed E-state index contributed by atoms with van der Waals surface area (Å²) in [7, 11) is 0. The lowest BCUT2D eigenvalue weighted by Gasteiger charge is -2.34. The Kier molecular flexibility index (Phi) is 5.04. The molecule has 0 aliphatic carbocycles. The van der Waals surface area contributed by atoms with E-state index >= 15 is 0 Å². The highest BCUT2D eigenvalue weighted by molar-refractivity contribution is 5.96. The van der Waals surface area contributed by atoms with Gasteiger partial charge in [-0.25, -0.2) is 0 Å². The molecule has 1 aromatic heterocycles. The lowest BCUT2D eigenvalue weighted by Crippen LogP contribution is -2.46. The minimum absolute atomic E-state index is 0.0413. The predicted molar refractivity (Wildman–Crippen MR) is 82.5 cm³/mol. The van der Waals surface area contributed by atoms with Crippen LogP contribution in [0.3, 0.4) is 0 Å². The van der Waals surface area contributed by atoms with Gasteiger partial charge in [0, 0.05) is 31.1 Å². The fourth-order valence-electron chi connectivity index (χ4n) is 2.88. The molecule has 0 aromatic carbocycles. The standard InChI is InChI=1S/C16H27N3O2/c1-10(2)15-14(12(5)18-21-15)16(20)17-13-6-8-19(9-7-13)11(3)4/h10-11,13H,6-9H2,1-5H3,(H,17,20). The van der Waals surface area contributed by atoms with Crippen molar-refractivity contribution in [3.05, 3.63) is 17.0 Å². The Morgan fingerprint density at radius 1 is 1.29 bits per heavy atom. The van der Waals surface area contributed by atoms with Crippen LogP contribution in [0, 0.1) is 6.92 Å². The summed E-state index contributed by atoms with van der Waals surface area (Å²) in [4.78, 5) is 15.0. The zero-order chi connectivity index (χ0) is 15.6. The van der Waals surface area contributed by atoms with E-state index in [2.05, 4.69) is 29.2 Å². The Labute approximate surface area is 127 Å². The maximum atomic E-state index is 12.5. The maximum absolute atomic E-state index is 12.5. The molecule has 0 bridgehead atoms. The minimum Gasteiger partial charge on any atom is -0.360 e. The fourth-order valence-corrected chi connectivity index (χ4v) is 2.88. The summed E-state index contributed by atoms with van der Waals surface area (Å²) in [6, 6.07) is 0.830. The molecular weight excluding hydrogens is 266 g/mol. The normalized spacial score (nSPS) is 17.7. The van der Waals surface area contributed by atoms with Crippen molar-refractivity contribution in [1.29, 1.82) is 0 Å². The topological polar surface area (TPSA) is 58.4 Å². The van der Waals surface area contributed by atoms with Crippen LogP contribution in [0.1, 0.15) is 68.3 Å². The van der Waals surface area contributed by atoms with Crippen LogP contribution in [0.15, 0.2) is 4.52 Å². The van der Waals surface area contributed by atoms with E-state index in [0.29, 0.717) is 23.1 Å². The van der Waals surface area contributed by atoms with Crippen molar-refractivity contribution in [2.75, 3.05) is 13.1 Å². The van der Waals surface area contributed by atoms with E-state index in [1.807, 2.05) is 20.8 Å². The Morgan fingerprint density at radius 3 is 2.43 bits per heavy atom. The van der Waals surface area contributed by atoms with Gasteiger partial charge in [-0.05, 0) is 33.6 Å². The van der Waals surface area contributed by atoms with Gasteiger partial charge in [0.15, 0.2) is 5.76 Å². The van der Waals surface area contributed by atoms with E-state index in [0.717, 1.165) is 25.9 Å². The molecule has 2 heterocycles. The van der Waals surface area contributed by atoms with E-state index in [-0.39, 0.29) is 17.9 Å². The summed E-state index contributed by atoms with van der Waals surface area (Å²) < 4.78 is 5.30. The highest BCUT2D eigenvalue weighted by Crippen LogP contribution is 2.23. The van der Waals surface area contributed by atoms with Gasteiger partial charge >= 0.3 is 0 Å². The van der Waals surface area contributed by atoms with Crippen LogP contribution >= 0.6 is 0 Å². The first-order valence-electron chi connectivity index (χ1n) is 7.91. The zero-order valence-electron chi connectivity index (χ0n) is 13.8. The van der Waals surface area contributed by atoms with Crippen LogP contribution in [0.4, 0.5) is 0 Å². The Morgan fingerprint density at radius 2 is 1.90 bits per heavy atom. The van der Waals surface area contributed by atoms with Crippen LogP contribution < -0.4 is 5.32 Å². The minimum atomic E-state index is -0.0413. The molecule has 118 valence electrons. The van der Waals surface area contributed by atoms with Crippen molar-refractivity contribution in [3.63, 3.8) is 0 Å². The van der Waals surface area contributed by atoms with Gasteiger partial charge in [-0.3, -0.25) is 4.79 Å². The molecule has 0 atom stereocenters. The first-order valence-corrected chi connectivity index (χ1v) is 7.91. The number of nitrogens with one attached hydrogen (secondary N) is 1. The van der Waals surface area contributed by atoms with Gasteiger partial charge in [-0.2, -0.15) is 0 Å². The third-order valence-corrected chi connectivity index (χ3v) is 4.24. The number of hydrogen-bond acceptors (Lipinski definition) is 4. The largest absolute Gasteiger partial charge is 0.360 e. The van der Waals surface area contributed by atoms with Crippen molar-refractivity contribution in [1.82, 2.24) is 15.4 Å². The van der Waals surface area contributed by atoms with E-state index in [1.54, 1.807) is 0 Å². The van der Waals surface area contributed by atoms with E-state index in [4.69, 9.17) is 4.52 Å². The van der Waals surface area contributed by atoms with Crippen LogP contribution in [0.5, 0.6) is 0 Å². The van der Waals surface area contributed by atoms with Gasteiger partial charge < -0.3 is 14.7 Å². The number of nitrogens with zero attached hydrogens (tertiary/aromatic N) is 2. The molecule has 1 saturated heterocycles. The maximum Gasteiger partial charge on any atom is 0.257 e. The average Bonchev–Trinajstić information content (AvgIpc) is 2.81. The molecule has 1 aliphatic rings.